The van der Waals surface area contributed by atoms with Crippen LogP contribution in [-0.4, -0.2) is 25.5 Å². The number of hydrogen-bond donors (Lipinski definition) is 3. The topological polar surface area (TPSA) is 114 Å². The van der Waals surface area contributed by atoms with Crippen molar-refractivity contribution in [3.8, 4) is 16.8 Å². The number of fused-ring (bicyclic) bond motifs is 4. The summed E-state index contributed by atoms with van der Waals surface area (Å²) in [6.45, 7) is 3.36. The molecule has 7 nitrogen and oxygen atoms in total. The third kappa shape index (κ3) is 3.57. The van der Waals surface area contributed by atoms with E-state index in [9.17, 15) is 14.7 Å². The van der Waals surface area contributed by atoms with E-state index in [-0.39, 0.29) is 22.4 Å². The van der Waals surface area contributed by atoms with Crippen LogP contribution in [0.4, 0.5) is 4.39 Å². The number of rotatable bonds is 4. The fraction of sp³-hybridized carbons (Fsp3) is 0.100. The summed E-state index contributed by atoms with van der Waals surface area (Å²) in [4.78, 5) is 33.0. The minimum atomic E-state index is -1.08. The van der Waals surface area contributed by atoms with Gasteiger partial charge in [-0.3, -0.25) is 14.2 Å². The van der Waals surface area contributed by atoms with E-state index in [0.717, 1.165) is 5.39 Å². The fourth-order valence-electron chi connectivity index (χ4n) is 4.98. The van der Waals surface area contributed by atoms with Crippen molar-refractivity contribution in [3.05, 3.63) is 106 Å². The maximum absolute atomic E-state index is 16.2. The smallest absolute Gasteiger partial charge is 0.265 e. The number of primary amides is 1. The lowest BCUT2D eigenvalue weighted by atomic mass is 9.94. The van der Waals surface area contributed by atoms with Crippen LogP contribution in [0, 0.1) is 5.82 Å². The van der Waals surface area contributed by atoms with Crippen molar-refractivity contribution in [1.29, 1.82) is 0 Å². The second-order valence-electron chi connectivity index (χ2n) is 9.79. The summed E-state index contributed by atoms with van der Waals surface area (Å²) >= 11 is 0. The van der Waals surface area contributed by atoms with Crippen LogP contribution in [0.25, 0.3) is 49.5 Å². The van der Waals surface area contributed by atoms with E-state index in [4.69, 9.17) is 5.73 Å². The van der Waals surface area contributed by atoms with E-state index in [0.29, 0.717) is 38.4 Å². The number of para-hydroxylation sites is 1. The largest absolute Gasteiger partial charge is 0.386 e. The van der Waals surface area contributed by atoms with E-state index in [1.807, 2.05) is 6.07 Å². The first-order chi connectivity index (χ1) is 18.1. The predicted molar refractivity (Wildman–Crippen MR) is 146 cm³/mol. The van der Waals surface area contributed by atoms with Crippen LogP contribution in [0.1, 0.15) is 29.8 Å². The van der Waals surface area contributed by atoms with E-state index < -0.39 is 17.3 Å². The standard InChI is InChI=1S/C30H23FN4O3/c1-30(2,38)16-10-11-19-23(14-16)34-27-21(28(32)36)13-12-17(25(19)27)18-7-5-9-24(26(18)31)35-15-33-22-8-4-3-6-20(22)29(35)37/h3-15,34,38H,1-2H3,(H2,32,36). The van der Waals surface area contributed by atoms with E-state index in [1.54, 1.807) is 74.5 Å². The Morgan fingerprint density at radius 2 is 1.79 bits per heavy atom. The first kappa shape index (κ1) is 23.6. The number of carbonyl (C=O) groups is 1. The summed E-state index contributed by atoms with van der Waals surface area (Å²) in [5, 5.41) is 12.2. The van der Waals surface area contributed by atoms with Gasteiger partial charge >= 0.3 is 0 Å². The molecule has 0 aliphatic carbocycles. The second kappa shape index (κ2) is 8.36. The number of carbonyl (C=O) groups excluding carboxylic acids is 1. The molecule has 8 heteroatoms. The molecule has 0 atom stereocenters. The molecule has 0 saturated carbocycles. The van der Waals surface area contributed by atoms with Gasteiger partial charge in [0.2, 0.25) is 0 Å². The molecule has 4 aromatic carbocycles. The van der Waals surface area contributed by atoms with Crippen LogP contribution in [0.5, 0.6) is 0 Å². The monoisotopic (exact) mass is 506 g/mol. The van der Waals surface area contributed by atoms with Crippen molar-refractivity contribution in [2.75, 3.05) is 0 Å². The van der Waals surface area contributed by atoms with Crippen molar-refractivity contribution >= 4 is 38.6 Å². The van der Waals surface area contributed by atoms with Crippen molar-refractivity contribution in [3.63, 3.8) is 0 Å². The van der Waals surface area contributed by atoms with Crippen molar-refractivity contribution in [1.82, 2.24) is 14.5 Å². The molecule has 2 heterocycles. The van der Waals surface area contributed by atoms with Crippen molar-refractivity contribution < 1.29 is 14.3 Å². The molecular weight excluding hydrogens is 483 g/mol. The molecular formula is C30H23FN4O3. The number of aliphatic hydroxyl groups is 1. The summed E-state index contributed by atoms with van der Waals surface area (Å²) < 4.78 is 17.4. The molecule has 0 spiro atoms. The number of nitrogens with zero attached hydrogens (tertiary/aromatic N) is 2. The molecule has 38 heavy (non-hydrogen) atoms. The molecule has 0 fully saturated rings. The highest BCUT2D eigenvalue weighted by molar-refractivity contribution is 6.20. The van der Waals surface area contributed by atoms with E-state index >= 15 is 4.39 Å². The van der Waals surface area contributed by atoms with Gasteiger partial charge in [0.25, 0.3) is 11.5 Å². The Morgan fingerprint density at radius 1 is 1.00 bits per heavy atom. The summed E-state index contributed by atoms with van der Waals surface area (Å²) in [6.07, 6.45) is 1.32. The zero-order chi connectivity index (χ0) is 26.8. The van der Waals surface area contributed by atoms with Gasteiger partial charge in [-0.05, 0) is 55.3 Å². The first-order valence-corrected chi connectivity index (χ1v) is 12.0. The predicted octanol–water partition coefficient (Wildman–Crippen LogP) is 5.15. The first-order valence-electron chi connectivity index (χ1n) is 12.0. The number of hydrogen-bond acceptors (Lipinski definition) is 4. The number of nitrogens with two attached hydrogens (primary N) is 1. The summed E-state index contributed by atoms with van der Waals surface area (Å²) in [5.74, 6) is -1.24. The number of aromatic nitrogens is 3. The highest BCUT2D eigenvalue weighted by Crippen LogP contribution is 2.39. The van der Waals surface area contributed by atoms with Gasteiger partial charge in [0.15, 0.2) is 5.82 Å². The normalized spacial score (nSPS) is 12.0. The van der Waals surface area contributed by atoms with Gasteiger partial charge in [0, 0.05) is 21.9 Å². The Labute approximate surface area is 216 Å². The molecule has 2 aromatic heterocycles. The van der Waals surface area contributed by atoms with Crippen LogP contribution < -0.4 is 11.3 Å². The lowest BCUT2D eigenvalue weighted by molar-refractivity contribution is 0.0787. The van der Waals surface area contributed by atoms with Gasteiger partial charge in [0.05, 0.1) is 33.3 Å². The summed E-state index contributed by atoms with van der Waals surface area (Å²) in [5.41, 5.74) is 7.62. The van der Waals surface area contributed by atoms with E-state index in [1.165, 1.54) is 17.0 Å². The highest BCUT2D eigenvalue weighted by Gasteiger charge is 2.22. The van der Waals surface area contributed by atoms with Gasteiger partial charge in [-0.25, -0.2) is 9.37 Å². The molecule has 0 aliphatic heterocycles. The maximum Gasteiger partial charge on any atom is 0.265 e. The van der Waals surface area contributed by atoms with Gasteiger partial charge in [0.1, 0.15) is 6.33 Å². The fourth-order valence-corrected chi connectivity index (χ4v) is 4.98. The second-order valence-corrected chi connectivity index (χ2v) is 9.79. The van der Waals surface area contributed by atoms with Crippen LogP contribution in [0.3, 0.4) is 0 Å². The number of aromatic amines is 1. The Kier molecular flexibility index (Phi) is 5.18. The van der Waals surface area contributed by atoms with Gasteiger partial charge in [-0.15, -0.1) is 0 Å². The van der Waals surface area contributed by atoms with Crippen LogP contribution in [0.2, 0.25) is 0 Å². The molecule has 6 rings (SSSR count). The lowest BCUT2D eigenvalue weighted by Crippen LogP contribution is -2.20. The highest BCUT2D eigenvalue weighted by atomic mass is 19.1. The Balaban J connectivity index is 1.63. The van der Waals surface area contributed by atoms with Crippen LogP contribution in [-0.2, 0) is 5.60 Å². The zero-order valence-electron chi connectivity index (χ0n) is 20.6. The SMILES string of the molecule is CC(C)(O)c1ccc2c(c1)[nH]c1c(C(N)=O)ccc(-c3cccc(-n4cnc5ccccc5c4=O)c3F)c12. The Morgan fingerprint density at radius 3 is 2.55 bits per heavy atom. The lowest BCUT2D eigenvalue weighted by Gasteiger charge is -2.17. The molecule has 4 N–H and O–H groups in total. The number of benzene rings is 4. The average molecular weight is 507 g/mol. The quantitative estimate of drug-likeness (QED) is 0.307. The maximum atomic E-state index is 16.2. The average Bonchev–Trinajstić information content (AvgIpc) is 3.27. The molecule has 0 radical (unpaired) electrons. The summed E-state index contributed by atoms with van der Waals surface area (Å²) in [6, 6.07) is 20.4. The minimum absolute atomic E-state index is 0.0574. The molecule has 1 amide bonds. The van der Waals surface area contributed by atoms with Crippen LogP contribution in [0.15, 0.2) is 83.9 Å². The van der Waals surface area contributed by atoms with Gasteiger partial charge < -0.3 is 15.8 Å². The Hall–Kier alpha value is -4.82. The third-order valence-corrected chi connectivity index (χ3v) is 6.92. The number of amides is 1. The third-order valence-electron chi connectivity index (χ3n) is 6.92. The van der Waals surface area contributed by atoms with Gasteiger partial charge in [-0.1, -0.05) is 42.5 Å². The summed E-state index contributed by atoms with van der Waals surface area (Å²) in [7, 11) is 0. The minimum Gasteiger partial charge on any atom is -0.386 e. The zero-order valence-corrected chi connectivity index (χ0v) is 20.6. The van der Waals surface area contributed by atoms with E-state index in [2.05, 4.69) is 9.97 Å². The van der Waals surface area contributed by atoms with Crippen molar-refractivity contribution in [2.45, 2.75) is 19.4 Å². The molecule has 188 valence electrons. The molecule has 0 unspecified atom stereocenters. The number of halogens is 1. The van der Waals surface area contributed by atoms with Gasteiger partial charge in [-0.2, -0.15) is 0 Å². The molecule has 6 aromatic rings. The Bertz CT molecular complexity index is 1980. The number of H-pyrrole nitrogens is 1. The molecule has 0 aliphatic rings. The molecule has 0 bridgehead atoms. The van der Waals surface area contributed by atoms with Crippen LogP contribution >= 0.6 is 0 Å². The molecule has 0 saturated heterocycles. The number of nitrogens with one attached hydrogen (secondary N) is 1. The van der Waals surface area contributed by atoms with Crippen molar-refractivity contribution in [2.24, 2.45) is 5.73 Å².